The molecular formula is C16H21BrNO+. The van der Waals surface area contributed by atoms with E-state index in [0.29, 0.717) is 6.61 Å². The zero-order valence-electron chi connectivity index (χ0n) is 11.7. The van der Waals surface area contributed by atoms with Crippen LogP contribution in [0.25, 0.3) is 0 Å². The average molecular weight is 323 g/mol. The summed E-state index contributed by atoms with van der Waals surface area (Å²) >= 11 is 0. The number of hydrogen-bond acceptors (Lipinski definition) is 1. The van der Waals surface area contributed by atoms with Crippen LogP contribution < -0.4 is 9.57 Å². The SMILES string of the molecule is Br.CC(C)(C)c1cc[n+](OCc2ccccc2)cc1. The largest absolute Gasteiger partial charge is 0.267 e. The number of hydrogen-bond donors (Lipinski definition) is 0. The van der Waals surface area contributed by atoms with E-state index >= 15 is 0 Å². The predicted molar refractivity (Wildman–Crippen MR) is 82.4 cm³/mol. The van der Waals surface area contributed by atoms with Crippen LogP contribution in [0.3, 0.4) is 0 Å². The van der Waals surface area contributed by atoms with Crippen LogP contribution in [-0.2, 0) is 12.0 Å². The Hall–Kier alpha value is -1.35. The van der Waals surface area contributed by atoms with E-state index in [9.17, 15) is 0 Å². The van der Waals surface area contributed by atoms with Crippen molar-refractivity contribution in [3.63, 3.8) is 0 Å². The van der Waals surface area contributed by atoms with Gasteiger partial charge in [0.1, 0.15) is 0 Å². The van der Waals surface area contributed by atoms with E-state index < -0.39 is 0 Å². The van der Waals surface area contributed by atoms with Crippen molar-refractivity contribution in [2.45, 2.75) is 32.8 Å². The van der Waals surface area contributed by atoms with Crippen LogP contribution in [0.1, 0.15) is 31.9 Å². The van der Waals surface area contributed by atoms with Crippen LogP contribution in [0, 0.1) is 0 Å². The molecule has 1 aromatic heterocycles. The van der Waals surface area contributed by atoms with Gasteiger partial charge in [0, 0.05) is 16.9 Å². The van der Waals surface area contributed by atoms with Crippen molar-refractivity contribution in [1.29, 1.82) is 0 Å². The molecule has 0 atom stereocenters. The topological polar surface area (TPSA) is 13.1 Å². The van der Waals surface area contributed by atoms with E-state index in [2.05, 4.69) is 45.0 Å². The highest BCUT2D eigenvalue weighted by molar-refractivity contribution is 8.93. The van der Waals surface area contributed by atoms with Gasteiger partial charge in [0.2, 0.25) is 12.4 Å². The number of pyridine rings is 1. The molecule has 0 saturated heterocycles. The van der Waals surface area contributed by atoms with Gasteiger partial charge in [0.25, 0.3) is 0 Å². The van der Waals surface area contributed by atoms with Gasteiger partial charge in [-0.15, -0.1) is 17.0 Å². The molecule has 0 N–H and O–H groups in total. The van der Waals surface area contributed by atoms with Crippen LogP contribution in [0.2, 0.25) is 0 Å². The molecule has 0 aliphatic carbocycles. The highest BCUT2D eigenvalue weighted by Crippen LogP contribution is 2.19. The second kappa shape index (κ2) is 6.71. The van der Waals surface area contributed by atoms with E-state index in [4.69, 9.17) is 4.84 Å². The van der Waals surface area contributed by atoms with Crippen molar-refractivity contribution < 1.29 is 9.57 Å². The molecule has 2 aromatic rings. The first-order valence-electron chi connectivity index (χ1n) is 6.25. The maximum Gasteiger partial charge on any atom is 0.222 e. The molecule has 1 heterocycles. The van der Waals surface area contributed by atoms with E-state index in [0.717, 1.165) is 0 Å². The molecular weight excluding hydrogens is 302 g/mol. The third kappa shape index (κ3) is 4.67. The minimum atomic E-state index is 0. The van der Waals surface area contributed by atoms with Gasteiger partial charge >= 0.3 is 0 Å². The first-order chi connectivity index (χ1) is 8.55. The maximum absolute atomic E-state index is 5.68. The zero-order valence-corrected chi connectivity index (χ0v) is 13.4. The van der Waals surface area contributed by atoms with Gasteiger partial charge in [-0.05, 0) is 16.5 Å². The Labute approximate surface area is 125 Å². The number of halogens is 1. The highest BCUT2D eigenvalue weighted by Gasteiger charge is 2.15. The fraction of sp³-hybridized carbons (Fsp3) is 0.312. The number of benzene rings is 1. The second-order valence-electron chi connectivity index (χ2n) is 5.46. The van der Waals surface area contributed by atoms with Crippen LogP contribution in [-0.4, -0.2) is 0 Å². The molecule has 102 valence electrons. The normalized spacial score (nSPS) is 10.7. The third-order valence-electron chi connectivity index (χ3n) is 2.89. The molecule has 2 rings (SSSR count). The Morgan fingerprint density at radius 1 is 0.947 bits per heavy atom. The average Bonchev–Trinajstić information content (AvgIpc) is 2.37. The molecule has 0 aliphatic rings. The summed E-state index contributed by atoms with van der Waals surface area (Å²) in [6, 6.07) is 14.4. The van der Waals surface area contributed by atoms with Crippen molar-refractivity contribution >= 4 is 17.0 Å². The van der Waals surface area contributed by atoms with Gasteiger partial charge in [-0.25, -0.2) is 0 Å². The fourth-order valence-corrected chi connectivity index (χ4v) is 1.72. The van der Waals surface area contributed by atoms with Crippen LogP contribution in [0.5, 0.6) is 0 Å². The lowest BCUT2D eigenvalue weighted by atomic mass is 9.88. The number of rotatable bonds is 3. The quantitative estimate of drug-likeness (QED) is 0.788. The zero-order chi connectivity index (χ0) is 13.0. The third-order valence-corrected chi connectivity index (χ3v) is 2.89. The van der Waals surface area contributed by atoms with Gasteiger partial charge in [0.05, 0.1) is 0 Å². The Balaban J connectivity index is 0.00000180. The van der Waals surface area contributed by atoms with E-state index in [1.165, 1.54) is 11.1 Å². The van der Waals surface area contributed by atoms with E-state index in [1.54, 1.807) is 4.73 Å². The summed E-state index contributed by atoms with van der Waals surface area (Å²) < 4.78 is 1.75. The Kier molecular flexibility index (Phi) is 5.55. The van der Waals surface area contributed by atoms with Crippen molar-refractivity contribution in [2.75, 3.05) is 0 Å². The predicted octanol–water partition coefficient (Wildman–Crippen LogP) is 3.48. The lowest BCUT2D eigenvalue weighted by Gasteiger charge is -2.17. The van der Waals surface area contributed by atoms with Crippen molar-refractivity contribution in [1.82, 2.24) is 0 Å². The standard InChI is InChI=1S/C16H20NO.BrH/c1-16(2,3)15-9-11-17(12-10-15)18-13-14-7-5-4-6-8-14;/h4-12H,13H2,1-3H3;1H/q+1;. The monoisotopic (exact) mass is 322 g/mol. The van der Waals surface area contributed by atoms with Gasteiger partial charge in [-0.1, -0.05) is 51.1 Å². The minimum absolute atomic E-state index is 0. The van der Waals surface area contributed by atoms with Gasteiger partial charge in [-0.3, -0.25) is 4.84 Å². The molecule has 0 fully saturated rings. The molecule has 0 unspecified atom stereocenters. The summed E-state index contributed by atoms with van der Waals surface area (Å²) in [7, 11) is 0. The van der Waals surface area contributed by atoms with Crippen LogP contribution >= 0.6 is 17.0 Å². The van der Waals surface area contributed by atoms with Crippen LogP contribution in [0.4, 0.5) is 0 Å². The summed E-state index contributed by atoms with van der Waals surface area (Å²) in [6.45, 7) is 7.20. The molecule has 0 spiro atoms. The lowest BCUT2D eigenvalue weighted by molar-refractivity contribution is -0.895. The van der Waals surface area contributed by atoms with E-state index in [1.807, 2.05) is 30.6 Å². The van der Waals surface area contributed by atoms with E-state index in [-0.39, 0.29) is 22.4 Å². The first-order valence-corrected chi connectivity index (χ1v) is 6.25. The lowest BCUT2D eigenvalue weighted by Crippen LogP contribution is -2.41. The summed E-state index contributed by atoms with van der Waals surface area (Å²) in [5.41, 5.74) is 2.66. The molecule has 0 saturated carbocycles. The smallest absolute Gasteiger partial charge is 0.222 e. The molecule has 0 amide bonds. The summed E-state index contributed by atoms with van der Waals surface area (Å²) in [5.74, 6) is 0. The molecule has 2 nitrogen and oxygen atoms in total. The highest BCUT2D eigenvalue weighted by atomic mass is 79.9. The number of nitrogens with zero attached hydrogens (tertiary/aromatic N) is 1. The molecule has 3 heteroatoms. The Bertz CT molecular complexity index is 488. The van der Waals surface area contributed by atoms with Crippen molar-refractivity contribution in [2.24, 2.45) is 0 Å². The van der Waals surface area contributed by atoms with Gasteiger partial charge < -0.3 is 0 Å². The molecule has 0 aliphatic heterocycles. The molecule has 0 bridgehead atoms. The second-order valence-corrected chi connectivity index (χ2v) is 5.46. The number of aromatic nitrogens is 1. The summed E-state index contributed by atoms with van der Waals surface area (Å²) in [6.07, 6.45) is 3.92. The molecule has 0 radical (unpaired) electrons. The Morgan fingerprint density at radius 2 is 1.53 bits per heavy atom. The summed E-state index contributed by atoms with van der Waals surface area (Å²) in [5, 5.41) is 0. The summed E-state index contributed by atoms with van der Waals surface area (Å²) in [4.78, 5) is 5.68. The minimum Gasteiger partial charge on any atom is -0.267 e. The van der Waals surface area contributed by atoms with Gasteiger partial charge in [-0.2, -0.15) is 0 Å². The molecule has 1 aromatic carbocycles. The maximum atomic E-state index is 5.68. The Morgan fingerprint density at radius 3 is 2.05 bits per heavy atom. The molecule has 19 heavy (non-hydrogen) atoms. The van der Waals surface area contributed by atoms with Crippen molar-refractivity contribution in [3.05, 3.63) is 66.0 Å². The first kappa shape index (κ1) is 15.7. The van der Waals surface area contributed by atoms with Crippen LogP contribution in [0.15, 0.2) is 54.9 Å². The van der Waals surface area contributed by atoms with Gasteiger partial charge in [0.15, 0.2) is 6.61 Å². The fourth-order valence-electron chi connectivity index (χ4n) is 1.72. The van der Waals surface area contributed by atoms with Crippen molar-refractivity contribution in [3.8, 4) is 0 Å².